The molecule has 28 heavy (non-hydrogen) atoms. The quantitative estimate of drug-likeness (QED) is 0.706. The zero-order valence-corrected chi connectivity index (χ0v) is 16.7. The number of nitriles is 1. The molecule has 0 spiro atoms. The molecule has 0 radical (unpaired) electrons. The van der Waals surface area contributed by atoms with E-state index in [4.69, 9.17) is 21.1 Å². The van der Waals surface area contributed by atoms with Crippen molar-refractivity contribution in [3.8, 4) is 6.07 Å². The van der Waals surface area contributed by atoms with Gasteiger partial charge in [0.1, 0.15) is 18.8 Å². The molecule has 10 heteroatoms. The zero-order valence-electron chi connectivity index (χ0n) is 15.1. The second-order valence-electron chi connectivity index (χ2n) is 6.06. The van der Waals surface area contributed by atoms with Crippen LogP contribution in [0.4, 0.5) is 10.2 Å². The van der Waals surface area contributed by atoms with E-state index in [0.717, 1.165) is 9.87 Å². The lowest BCUT2D eigenvalue weighted by molar-refractivity contribution is -0.0476. The number of aromatic nitrogens is 1. The highest BCUT2D eigenvalue weighted by Crippen LogP contribution is 2.47. The van der Waals surface area contributed by atoms with Crippen LogP contribution in [-0.2, 0) is 19.5 Å². The van der Waals surface area contributed by atoms with Crippen molar-refractivity contribution in [3.63, 3.8) is 0 Å². The number of anilines is 1. The Morgan fingerprint density at radius 3 is 2.61 bits per heavy atom. The maximum absolute atomic E-state index is 13.3. The van der Waals surface area contributed by atoms with Gasteiger partial charge in [0.25, 0.3) is 10.0 Å². The molecule has 0 N–H and O–H groups in total. The maximum Gasteiger partial charge on any atom is 0.267 e. The number of aryl methyl sites for hydroxylation is 1. The highest BCUT2D eigenvalue weighted by atomic mass is 35.5. The number of pyridine rings is 1. The van der Waals surface area contributed by atoms with Crippen molar-refractivity contribution in [2.24, 2.45) is 0 Å². The standard InChI is InChI=1S/C18H17ClFN3O4S/c1-11-3-5-13(6-4-11)28(24,25)23-17-14(15(19)12(9-21)10-22-17)16(18(23)26-2)27-8-7-20/h3-6,10,16,18H,7-8H2,1-2H3. The number of rotatable bonds is 6. The molecular formula is C18H17ClFN3O4S. The second kappa shape index (κ2) is 8.01. The summed E-state index contributed by atoms with van der Waals surface area (Å²) in [6.07, 6.45) is -1.01. The molecule has 3 rings (SSSR count). The summed E-state index contributed by atoms with van der Waals surface area (Å²) in [5.74, 6) is -0.0136. The van der Waals surface area contributed by atoms with Crippen molar-refractivity contribution in [2.45, 2.75) is 24.2 Å². The number of ether oxygens (including phenoxy) is 2. The van der Waals surface area contributed by atoms with E-state index in [2.05, 4.69) is 4.98 Å². The Labute approximate surface area is 167 Å². The molecule has 2 atom stereocenters. The van der Waals surface area contributed by atoms with E-state index in [9.17, 15) is 18.1 Å². The molecule has 0 saturated carbocycles. The summed E-state index contributed by atoms with van der Waals surface area (Å²) in [7, 11) is -2.79. The van der Waals surface area contributed by atoms with Crippen molar-refractivity contribution in [2.75, 3.05) is 24.7 Å². The van der Waals surface area contributed by atoms with Crippen LogP contribution in [0.2, 0.25) is 5.02 Å². The van der Waals surface area contributed by atoms with Crippen LogP contribution in [0.15, 0.2) is 35.4 Å². The van der Waals surface area contributed by atoms with Crippen LogP contribution < -0.4 is 4.31 Å². The van der Waals surface area contributed by atoms with Gasteiger partial charge in [0.2, 0.25) is 0 Å². The Bertz CT molecular complexity index is 1020. The smallest absolute Gasteiger partial charge is 0.267 e. The Kier molecular flexibility index (Phi) is 5.86. The molecule has 0 aliphatic carbocycles. The van der Waals surface area contributed by atoms with Crippen molar-refractivity contribution < 1.29 is 22.3 Å². The lowest BCUT2D eigenvalue weighted by Crippen LogP contribution is -2.41. The molecule has 1 aliphatic rings. The van der Waals surface area contributed by atoms with Crippen LogP contribution in [-0.4, -0.2) is 40.0 Å². The molecule has 0 bridgehead atoms. The molecule has 1 aliphatic heterocycles. The minimum atomic E-state index is -4.09. The Balaban J connectivity index is 2.20. The first-order chi connectivity index (χ1) is 13.4. The second-order valence-corrected chi connectivity index (χ2v) is 8.25. The largest absolute Gasteiger partial charge is 0.366 e. The number of sulfonamides is 1. The van der Waals surface area contributed by atoms with Crippen LogP contribution in [0.1, 0.15) is 22.8 Å². The third kappa shape index (κ3) is 3.33. The van der Waals surface area contributed by atoms with Gasteiger partial charge >= 0.3 is 0 Å². The van der Waals surface area contributed by atoms with Gasteiger partial charge in [-0.2, -0.15) is 5.26 Å². The van der Waals surface area contributed by atoms with Gasteiger partial charge in [0, 0.05) is 18.9 Å². The zero-order chi connectivity index (χ0) is 20.5. The summed E-state index contributed by atoms with van der Waals surface area (Å²) in [6, 6.07) is 8.17. The van der Waals surface area contributed by atoms with Gasteiger partial charge in [-0.3, -0.25) is 0 Å². The average Bonchev–Trinajstić information content (AvgIpc) is 3.01. The number of halogens is 2. The average molecular weight is 426 g/mol. The van der Waals surface area contributed by atoms with Gasteiger partial charge in [-0.1, -0.05) is 29.3 Å². The normalized spacial score (nSPS) is 18.8. The lowest BCUT2D eigenvalue weighted by atomic mass is 10.1. The first-order valence-corrected chi connectivity index (χ1v) is 10.1. The topological polar surface area (TPSA) is 92.5 Å². The van der Waals surface area contributed by atoms with E-state index in [1.807, 2.05) is 13.0 Å². The van der Waals surface area contributed by atoms with Gasteiger partial charge in [-0.05, 0) is 19.1 Å². The summed E-state index contributed by atoms with van der Waals surface area (Å²) < 4.78 is 51.3. The number of fused-ring (bicyclic) bond motifs is 1. The van der Waals surface area contributed by atoms with Gasteiger partial charge in [-0.25, -0.2) is 22.1 Å². The summed E-state index contributed by atoms with van der Waals surface area (Å²) in [4.78, 5) is 4.15. The number of methoxy groups -OCH3 is 1. The number of benzene rings is 1. The number of hydrogen-bond acceptors (Lipinski definition) is 6. The van der Waals surface area contributed by atoms with E-state index >= 15 is 0 Å². The van der Waals surface area contributed by atoms with Gasteiger partial charge in [-0.15, -0.1) is 0 Å². The SMILES string of the molecule is COC1C(OCCF)c2c(ncc(C#N)c2Cl)N1S(=O)(=O)c1ccc(C)cc1. The van der Waals surface area contributed by atoms with Gasteiger partial charge in [0.15, 0.2) is 12.0 Å². The Morgan fingerprint density at radius 2 is 2.04 bits per heavy atom. The van der Waals surface area contributed by atoms with Crippen molar-refractivity contribution in [1.29, 1.82) is 5.26 Å². The van der Waals surface area contributed by atoms with Crippen molar-refractivity contribution >= 4 is 27.4 Å². The number of alkyl halides is 1. The van der Waals surface area contributed by atoms with Crippen molar-refractivity contribution in [1.82, 2.24) is 4.98 Å². The highest BCUT2D eigenvalue weighted by molar-refractivity contribution is 7.92. The monoisotopic (exact) mass is 425 g/mol. The third-order valence-electron chi connectivity index (χ3n) is 4.33. The number of nitrogens with zero attached hydrogens (tertiary/aromatic N) is 3. The Hall–Kier alpha value is -2.25. The molecule has 148 valence electrons. The van der Waals surface area contributed by atoms with Gasteiger partial charge < -0.3 is 9.47 Å². The van der Waals surface area contributed by atoms with Crippen LogP contribution in [0, 0.1) is 18.3 Å². The van der Waals surface area contributed by atoms with Gasteiger partial charge in [0.05, 0.1) is 22.1 Å². The molecular weight excluding hydrogens is 409 g/mol. The molecule has 0 saturated heterocycles. The predicted octanol–water partition coefficient (Wildman–Crippen LogP) is 3.12. The fourth-order valence-corrected chi connectivity index (χ4v) is 4.85. The van der Waals surface area contributed by atoms with Crippen LogP contribution in [0.3, 0.4) is 0 Å². The van der Waals surface area contributed by atoms with Crippen molar-refractivity contribution in [3.05, 3.63) is 52.2 Å². The summed E-state index contributed by atoms with van der Waals surface area (Å²) >= 11 is 6.32. The molecule has 2 unspecified atom stereocenters. The molecule has 2 aromatic rings. The number of hydrogen-bond donors (Lipinski definition) is 0. The highest BCUT2D eigenvalue weighted by Gasteiger charge is 2.49. The first-order valence-electron chi connectivity index (χ1n) is 8.26. The molecule has 0 fully saturated rings. The minimum Gasteiger partial charge on any atom is -0.366 e. The van der Waals surface area contributed by atoms with E-state index in [1.165, 1.54) is 25.4 Å². The van der Waals surface area contributed by atoms with Crippen LogP contribution >= 0.6 is 11.6 Å². The van der Waals surface area contributed by atoms with E-state index in [1.54, 1.807) is 12.1 Å². The molecule has 7 nitrogen and oxygen atoms in total. The van der Waals surface area contributed by atoms with Crippen LogP contribution in [0.25, 0.3) is 0 Å². The van der Waals surface area contributed by atoms with Crippen LogP contribution in [0.5, 0.6) is 0 Å². The predicted molar refractivity (Wildman–Crippen MR) is 100 cm³/mol. The lowest BCUT2D eigenvalue weighted by Gasteiger charge is -2.27. The maximum atomic E-state index is 13.3. The van der Waals surface area contributed by atoms with E-state index in [-0.39, 0.29) is 33.5 Å². The minimum absolute atomic E-state index is 0.0000132. The van der Waals surface area contributed by atoms with E-state index < -0.39 is 29.0 Å². The Morgan fingerprint density at radius 1 is 1.36 bits per heavy atom. The molecule has 1 aromatic heterocycles. The third-order valence-corrected chi connectivity index (χ3v) is 6.50. The molecule has 0 amide bonds. The van der Waals surface area contributed by atoms with E-state index in [0.29, 0.717) is 0 Å². The summed E-state index contributed by atoms with van der Waals surface area (Å²) in [6.45, 7) is 0.760. The fourth-order valence-electron chi connectivity index (χ4n) is 3.02. The first kappa shape index (κ1) is 20.5. The summed E-state index contributed by atoms with van der Waals surface area (Å²) in [5, 5.41) is 9.23. The molecule has 1 aromatic carbocycles. The summed E-state index contributed by atoms with van der Waals surface area (Å²) in [5.41, 5.74) is 1.13. The fraction of sp³-hybridized carbons (Fsp3) is 0.333. The molecule has 2 heterocycles.